The maximum atomic E-state index is 5.80. The van der Waals surface area contributed by atoms with Crippen LogP contribution >= 0.6 is 0 Å². The van der Waals surface area contributed by atoms with Crippen LogP contribution in [0.4, 0.5) is 5.69 Å². The van der Waals surface area contributed by atoms with E-state index in [1.165, 1.54) is 5.56 Å². The van der Waals surface area contributed by atoms with Crippen molar-refractivity contribution in [1.82, 2.24) is 0 Å². The van der Waals surface area contributed by atoms with E-state index in [9.17, 15) is 0 Å². The molecule has 2 aromatic rings. The van der Waals surface area contributed by atoms with E-state index in [1.54, 1.807) is 19.2 Å². The standard InChI is InChI=1S/C17H21NO2/c1-13(14-6-4-3-5-7-14)10-11-20-17-12-15(18)8-9-16(17)19-2/h3-9,12-13H,10-11,18H2,1-2H3. The molecule has 0 radical (unpaired) electrons. The lowest BCUT2D eigenvalue weighted by Crippen LogP contribution is -2.04. The third kappa shape index (κ3) is 3.67. The zero-order chi connectivity index (χ0) is 14.4. The highest BCUT2D eigenvalue weighted by Crippen LogP contribution is 2.29. The van der Waals surface area contributed by atoms with Crippen molar-refractivity contribution in [1.29, 1.82) is 0 Å². The molecular formula is C17H21NO2. The second kappa shape index (κ2) is 6.85. The van der Waals surface area contributed by atoms with Gasteiger partial charge >= 0.3 is 0 Å². The Morgan fingerprint density at radius 2 is 1.80 bits per heavy atom. The average Bonchev–Trinajstić information content (AvgIpc) is 2.48. The number of benzene rings is 2. The Bertz CT molecular complexity index is 540. The van der Waals surface area contributed by atoms with Crippen LogP contribution in [0.5, 0.6) is 11.5 Å². The number of anilines is 1. The normalized spacial score (nSPS) is 11.9. The molecule has 0 spiro atoms. The van der Waals surface area contributed by atoms with Crippen LogP contribution in [0.3, 0.4) is 0 Å². The van der Waals surface area contributed by atoms with E-state index in [0.717, 1.165) is 6.42 Å². The van der Waals surface area contributed by atoms with E-state index in [1.807, 2.05) is 12.1 Å². The van der Waals surface area contributed by atoms with Gasteiger partial charge in [-0.3, -0.25) is 0 Å². The molecule has 0 aliphatic rings. The molecule has 3 nitrogen and oxygen atoms in total. The second-order valence-electron chi connectivity index (χ2n) is 4.86. The molecule has 2 rings (SSSR count). The number of rotatable bonds is 6. The molecule has 2 N–H and O–H groups in total. The Hall–Kier alpha value is -2.16. The van der Waals surface area contributed by atoms with Gasteiger partial charge in [0, 0.05) is 11.8 Å². The van der Waals surface area contributed by atoms with Crippen LogP contribution in [0.15, 0.2) is 48.5 Å². The van der Waals surface area contributed by atoms with Crippen LogP contribution in [-0.4, -0.2) is 13.7 Å². The Balaban J connectivity index is 1.91. The summed E-state index contributed by atoms with van der Waals surface area (Å²) in [5.41, 5.74) is 7.78. The summed E-state index contributed by atoms with van der Waals surface area (Å²) in [7, 11) is 1.63. The van der Waals surface area contributed by atoms with Gasteiger partial charge in [0.1, 0.15) is 0 Å². The lowest BCUT2D eigenvalue weighted by atomic mass is 9.98. The van der Waals surface area contributed by atoms with Crippen molar-refractivity contribution < 1.29 is 9.47 Å². The van der Waals surface area contributed by atoms with Gasteiger partial charge in [0.25, 0.3) is 0 Å². The quantitative estimate of drug-likeness (QED) is 0.812. The minimum atomic E-state index is 0.461. The molecule has 0 fully saturated rings. The van der Waals surface area contributed by atoms with E-state index < -0.39 is 0 Å². The highest BCUT2D eigenvalue weighted by Gasteiger charge is 2.08. The smallest absolute Gasteiger partial charge is 0.163 e. The number of ether oxygens (including phenoxy) is 2. The molecule has 0 aliphatic carbocycles. The minimum Gasteiger partial charge on any atom is -0.493 e. The van der Waals surface area contributed by atoms with Crippen molar-refractivity contribution in [3.63, 3.8) is 0 Å². The monoisotopic (exact) mass is 271 g/mol. The molecule has 0 amide bonds. The van der Waals surface area contributed by atoms with E-state index in [4.69, 9.17) is 15.2 Å². The summed E-state index contributed by atoms with van der Waals surface area (Å²) in [5.74, 6) is 1.88. The van der Waals surface area contributed by atoms with Crippen molar-refractivity contribution >= 4 is 5.69 Å². The van der Waals surface area contributed by atoms with Gasteiger partial charge in [-0.05, 0) is 30.0 Å². The summed E-state index contributed by atoms with van der Waals surface area (Å²) in [6, 6.07) is 15.9. The van der Waals surface area contributed by atoms with E-state index in [2.05, 4.69) is 31.2 Å². The van der Waals surface area contributed by atoms with Crippen LogP contribution in [0.2, 0.25) is 0 Å². The first-order chi connectivity index (χ1) is 9.70. The fourth-order valence-electron chi connectivity index (χ4n) is 2.10. The largest absolute Gasteiger partial charge is 0.493 e. The van der Waals surface area contributed by atoms with Gasteiger partial charge in [-0.1, -0.05) is 37.3 Å². The number of hydrogen-bond donors (Lipinski definition) is 1. The lowest BCUT2D eigenvalue weighted by molar-refractivity contribution is 0.282. The van der Waals surface area contributed by atoms with E-state index in [0.29, 0.717) is 29.7 Å². The van der Waals surface area contributed by atoms with Gasteiger partial charge in [-0.25, -0.2) is 0 Å². The van der Waals surface area contributed by atoms with Gasteiger partial charge in [0.05, 0.1) is 13.7 Å². The summed E-state index contributed by atoms with van der Waals surface area (Å²) in [4.78, 5) is 0. The molecule has 0 heterocycles. The van der Waals surface area contributed by atoms with Gasteiger partial charge in [0.15, 0.2) is 11.5 Å². The molecule has 106 valence electrons. The SMILES string of the molecule is COc1ccc(N)cc1OCCC(C)c1ccccc1. The zero-order valence-corrected chi connectivity index (χ0v) is 12.0. The van der Waals surface area contributed by atoms with Crippen LogP contribution in [0.1, 0.15) is 24.8 Å². The van der Waals surface area contributed by atoms with Crippen molar-refractivity contribution in [2.75, 3.05) is 19.5 Å². The first-order valence-corrected chi connectivity index (χ1v) is 6.82. The number of nitrogen functional groups attached to an aromatic ring is 1. The van der Waals surface area contributed by atoms with Crippen molar-refractivity contribution in [3.8, 4) is 11.5 Å². The van der Waals surface area contributed by atoms with Gasteiger partial charge in [0.2, 0.25) is 0 Å². The Morgan fingerprint density at radius 1 is 1.05 bits per heavy atom. The lowest BCUT2D eigenvalue weighted by Gasteiger charge is -2.14. The molecule has 0 bridgehead atoms. The summed E-state index contributed by atoms with van der Waals surface area (Å²) >= 11 is 0. The highest BCUT2D eigenvalue weighted by atomic mass is 16.5. The Kier molecular flexibility index (Phi) is 4.88. The maximum Gasteiger partial charge on any atom is 0.163 e. The predicted molar refractivity (Wildman–Crippen MR) is 82.4 cm³/mol. The van der Waals surface area contributed by atoms with Crippen LogP contribution < -0.4 is 15.2 Å². The summed E-state index contributed by atoms with van der Waals surface area (Å²) in [6.45, 7) is 2.84. The van der Waals surface area contributed by atoms with E-state index >= 15 is 0 Å². The molecule has 2 aromatic carbocycles. The molecule has 0 saturated carbocycles. The number of nitrogens with two attached hydrogens (primary N) is 1. The van der Waals surface area contributed by atoms with Crippen LogP contribution in [0.25, 0.3) is 0 Å². The Morgan fingerprint density at radius 3 is 2.50 bits per heavy atom. The topological polar surface area (TPSA) is 44.5 Å². The molecule has 1 unspecified atom stereocenters. The minimum absolute atomic E-state index is 0.461. The number of methoxy groups -OCH3 is 1. The van der Waals surface area contributed by atoms with E-state index in [-0.39, 0.29) is 0 Å². The van der Waals surface area contributed by atoms with Gasteiger partial charge in [-0.15, -0.1) is 0 Å². The number of hydrogen-bond acceptors (Lipinski definition) is 3. The Labute approximate surface area is 120 Å². The predicted octanol–water partition coefficient (Wildman–Crippen LogP) is 3.85. The van der Waals surface area contributed by atoms with Gasteiger partial charge < -0.3 is 15.2 Å². The van der Waals surface area contributed by atoms with Crippen molar-refractivity contribution in [3.05, 3.63) is 54.1 Å². The average molecular weight is 271 g/mol. The van der Waals surface area contributed by atoms with Crippen LogP contribution in [-0.2, 0) is 0 Å². The maximum absolute atomic E-state index is 5.80. The fraction of sp³-hybridized carbons (Fsp3) is 0.294. The molecule has 0 aromatic heterocycles. The molecule has 1 atom stereocenters. The molecule has 20 heavy (non-hydrogen) atoms. The third-order valence-electron chi connectivity index (χ3n) is 3.36. The second-order valence-corrected chi connectivity index (χ2v) is 4.86. The molecule has 3 heteroatoms. The van der Waals surface area contributed by atoms with Crippen LogP contribution in [0, 0.1) is 0 Å². The highest BCUT2D eigenvalue weighted by molar-refractivity contribution is 5.51. The summed E-state index contributed by atoms with van der Waals surface area (Å²) in [6.07, 6.45) is 0.946. The summed E-state index contributed by atoms with van der Waals surface area (Å²) in [5, 5.41) is 0. The van der Waals surface area contributed by atoms with Crippen molar-refractivity contribution in [2.24, 2.45) is 0 Å². The van der Waals surface area contributed by atoms with Gasteiger partial charge in [-0.2, -0.15) is 0 Å². The molecule has 0 saturated heterocycles. The third-order valence-corrected chi connectivity index (χ3v) is 3.36. The molecular weight excluding hydrogens is 250 g/mol. The first-order valence-electron chi connectivity index (χ1n) is 6.82. The first kappa shape index (κ1) is 14.3. The zero-order valence-electron chi connectivity index (χ0n) is 12.0. The van der Waals surface area contributed by atoms with Crippen molar-refractivity contribution in [2.45, 2.75) is 19.3 Å². The molecule has 0 aliphatic heterocycles. The fourth-order valence-corrected chi connectivity index (χ4v) is 2.10. The summed E-state index contributed by atoms with van der Waals surface area (Å²) < 4.78 is 11.1.